The van der Waals surface area contributed by atoms with Gasteiger partial charge in [0.25, 0.3) is 0 Å². The van der Waals surface area contributed by atoms with Gasteiger partial charge in [-0.25, -0.2) is 6.92 Å². The molecule has 0 aliphatic heterocycles. The molecule has 0 fully saturated rings. The summed E-state index contributed by atoms with van der Waals surface area (Å²) in [6.07, 6.45) is 6.58. The first-order chi connectivity index (χ1) is 3.85. The van der Waals surface area contributed by atoms with Gasteiger partial charge in [-0.2, -0.15) is 6.21 Å². The Morgan fingerprint density at radius 3 is 2.11 bits per heavy atom. The molecule has 0 aromatic rings. The van der Waals surface area contributed by atoms with E-state index in [2.05, 4.69) is 17.3 Å². The van der Waals surface area contributed by atoms with Gasteiger partial charge in [0.15, 0.2) is 0 Å². The van der Waals surface area contributed by atoms with Gasteiger partial charge < -0.3 is 16.8 Å². The smallest absolute Gasteiger partial charge is 0.583 e. The first-order valence-corrected chi connectivity index (χ1v) is 2.76. The maximum atomic E-state index is 3.92. The van der Waals surface area contributed by atoms with Gasteiger partial charge in [0.05, 0.1) is 0 Å². The Bertz CT molecular complexity index is 103. The quantitative estimate of drug-likeness (QED) is 0.433. The molecule has 0 N–H and O–H groups in total. The predicted molar refractivity (Wildman–Crippen MR) is 35.8 cm³/mol. The predicted octanol–water partition coefficient (Wildman–Crippen LogP) is 2.07. The molecule has 0 aromatic carbocycles. The fraction of sp³-hybridized carbons (Fsp3) is 0.571. The summed E-state index contributed by atoms with van der Waals surface area (Å²) in [5.74, 6) is 0. The first-order valence-electron chi connectivity index (χ1n) is 2.76. The van der Waals surface area contributed by atoms with Crippen molar-refractivity contribution in [1.82, 2.24) is 0 Å². The van der Waals surface area contributed by atoms with Crippen LogP contribution in [0.3, 0.4) is 0 Å². The maximum Gasteiger partial charge on any atom is 2.00 e. The number of aliphatic imine (C=N–C) groups is 1. The SMILES string of the molecule is C[C-]=NC(=[C-]C)CC.[V+2]. The van der Waals surface area contributed by atoms with Crippen molar-refractivity contribution < 1.29 is 18.6 Å². The molecule has 0 unspecified atom stereocenters. The van der Waals surface area contributed by atoms with Gasteiger partial charge in [-0.1, -0.05) is 6.92 Å². The molecule has 0 heterocycles. The van der Waals surface area contributed by atoms with Crippen molar-refractivity contribution in [2.75, 3.05) is 0 Å². The minimum Gasteiger partial charge on any atom is -0.583 e. The average Bonchev–Trinajstić information content (AvgIpc) is 1.83. The van der Waals surface area contributed by atoms with Crippen LogP contribution in [-0.2, 0) is 18.6 Å². The van der Waals surface area contributed by atoms with E-state index in [1.165, 1.54) is 0 Å². The molecule has 0 aliphatic carbocycles. The molecule has 1 nitrogen and oxygen atoms in total. The number of rotatable bonds is 2. The van der Waals surface area contributed by atoms with Gasteiger partial charge in [0, 0.05) is 0 Å². The van der Waals surface area contributed by atoms with E-state index >= 15 is 0 Å². The summed E-state index contributed by atoms with van der Waals surface area (Å²) in [6.45, 7) is 5.69. The molecule has 0 atom stereocenters. The van der Waals surface area contributed by atoms with Gasteiger partial charge in [0.2, 0.25) is 0 Å². The first kappa shape index (κ1) is 11.8. The van der Waals surface area contributed by atoms with Gasteiger partial charge in [-0.3, -0.25) is 0 Å². The molecular formula is C7H11NV. The van der Waals surface area contributed by atoms with E-state index in [1.807, 2.05) is 13.8 Å². The summed E-state index contributed by atoms with van der Waals surface area (Å²) < 4.78 is 0. The van der Waals surface area contributed by atoms with Crippen molar-refractivity contribution in [1.29, 1.82) is 0 Å². The van der Waals surface area contributed by atoms with Crippen LogP contribution in [0.5, 0.6) is 0 Å². The summed E-state index contributed by atoms with van der Waals surface area (Å²) in [5, 5.41) is 0. The third kappa shape index (κ3) is 5.87. The van der Waals surface area contributed by atoms with Crippen LogP contribution in [0.25, 0.3) is 0 Å². The van der Waals surface area contributed by atoms with E-state index in [0.29, 0.717) is 0 Å². The van der Waals surface area contributed by atoms with Crippen LogP contribution in [-0.4, -0.2) is 6.21 Å². The molecule has 49 valence electrons. The number of nitrogens with zero attached hydrogens (tertiary/aromatic N) is 1. The van der Waals surface area contributed by atoms with Crippen molar-refractivity contribution in [2.45, 2.75) is 27.2 Å². The van der Waals surface area contributed by atoms with Crippen molar-refractivity contribution in [3.63, 3.8) is 0 Å². The van der Waals surface area contributed by atoms with Crippen LogP contribution in [0.1, 0.15) is 27.2 Å². The van der Waals surface area contributed by atoms with Crippen LogP contribution in [0.4, 0.5) is 0 Å². The monoisotopic (exact) mass is 160 g/mol. The van der Waals surface area contributed by atoms with Gasteiger partial charge in [0.1, 0.15) is 0 Å². The van der Waals surface area contributed by atoms with E-state index in [1.54, 1.807) is 6.92 Å². The molecular weight excluding hydrogens is 149 g/mol. The topological polar surface area (TPSA) is 12.4 Å². The van der Waals surface area contributed by atoms with Crippen LogP contribution in [0.15, 0.2) is 10.7 Å². The van der Waals surface area contributed by atoms with E-state index in [4.69, 9.17) is 0 Å². The molecule has 9 heavy (non-hydrogen) atoms. The zero-order valence-electron chi connectivity index (χ0n) is 6.10. The Labute approximate surface area is 69.1 Å². The van der Waals surface area contributed by atoms with Crippen LogP contribution < -0.4 is 0 Å². The summed E-state index contributed by atoms with van der Waals surface area (Å²) >= 11 is 0. The van der Waals surface area contributed by atoms with Crippen LogP contribution in [0.2, 0.25) is 0 Å². The summed E-state index contributed by atoms with van der Waals surface area (Å²) in [7, 11) is 0. The summed E-state index contributed by atoms with van der Waals surface area (Å²) in [6, 6.07) is 0. The molecule has 2 heteroatoms. The molecule has 0 spiro atoms. The van der Waals surface area contributed by atoms with E-state index < -0.39 is 0 Å². The zero-order chi connectivity index (χ0) is 6.41. The second-order valence-corrected chi connectivity index (χ2v) is 1.39. The largest absolute Gasteiger partial charge is 2.00 e. The van der Waals surface area contributed by atoms with Crippen molar-refractivity contribution >= 4 is 6.21 Å². The third-order valence-electron chi connectivity index (χ3n) is 0.870. The molecule has 0 rings (SSSR count). The number of hydrogen-bond acceptors (Lipinski definition) is 1. The normalized spacial score (nSPS) is 11.7. The Kier molecular flexibility index (Phi) is 10.4. The maximum absolute atomic E-state index is 3.92. The van der Waals surface area contributed by atoms with Crippen molar-refractivity contribution in [3.8, 4) is 0 Å². The summed E-state index contributed by atoms with van der Waals surface area (Å²) in [5.41, 5.74) is 0.979. The average molecular weight is 160 g/mol. The number of hydrogen-bond donors (Lipinski definition) is 0. The van der Waals surface area contributed by atoms with Gasteiger partial charge in [-0.15, -0.1) is 13.3 Å². The second-order valence-electron chi connectivity index (χ2n) is 1.39. The van der Waals surface area contributed by atoms with Gasteiger partial charge in [-0.05, 0) is 0 Å². The Morgan fingerprint density at radius 1 is 1.44 bits per heavy atom. The van der Waals surface area contributed by atoms with E-state index in [0.717, 1.165) is 12.1 Å². The second kappa shape index (κ2) is 7.99. The van der Waals surface area contributed by atoms with E-state index in [9.17, 15) is 0 Å². The van der Waals surface area contributed by atoms with Crippen molar-refractivity contribution in [2.24, 2.45) is 4.99 Å². The molecule has 0 bridgehead atoms. The molecule has 0 aliphatic rings. The standard InChI is InChI=1S/C7H11N.V/c1-4-7(5-2)8-6-3;/h4H2,1-3H3;/q-2;+2. The molecule has 0 amide bonds. The van der Waals surface area contributed by atoms with Crippen LogP contribution in [0, 0.1) is 6.08 Å². The van der Waals surface area contributed by atoms with E-state index in [-0.39, 0.29) is 18.6 Å². The Balaban J connectivity index is 0. The molecule has 0 saturated heterocycles. The minimum atomic E-state index is 0. The van der Waals surface area contributed by atoms with Crippen LogP contribution >= 0.6 is 0 Å². The molecule has 0 aromatic heterocycles. The molecule has 0 saturated carbocycles. The fourth-order valence-corrected chi connectivity index (χ4v) is 0.447. The number of allylic oxidation sites excluding steroid dienone is 2. The Morgan fingerprint density at radius 2 is 2.00 bits per heavy atom. The summed E-state index contributed by atoms with van der Waals surface area (Å²) in [4.78, 5) is 3.92. The fourth-order valence-electron chi connectivity index (χ4n) is 0.447. The van der Waals surface area contributed by atoms with Gasteiger partial charge >= 0.3 is 18.6 Å². The third-order valence-corrected chi connectivity index (χ3v) is 0.870. The molecule has 1 radical (unpaired) electrons. The zero-order valence-corrected chi connectivity index (χ0v) is 7.50. The van der Waals surface area contributed by atoms with Crippen molar-refractivity contribution in [3.05, 3.63) is 11.8 Å². The minimum absolute atomic E-state index is 0. The Hall–Kier alpha value is -0.00558.